The summed E-state index contributed by atoms with van der Waals surface area (Å²) in [6, 6.07) is 7.19. The van der Waals surface area contributed by atoms with Crippen LogP contribution in [-0.4, -0.2) is 19.2 Å². The summed E-state index contributed by atoms with van der Waals surface area (Å²) in [6.07, 6.45) is 1.27. The van der Waals surface area contributed by atoms with Gasteiger partial charge in [-0.25, -0.2) is 0 Å². The molecule has 1 fully saturated rings. The molecule has 106 valence electrons. The zero-order valence-corrected chi connectivity index (χ0v) is 12.9. The Morgan fingerprint density at radius 2 is 1.89 bits per heavy atom. The largest absolute Gasteiger partial charge is 0.372 e. The van der Waals surface area contributed by atoms with Crippen LogP contribution in [0.5, 0.6) is 0 Å². The van der Waals surface area contributed by atoms with Crippen molar-refractivity contribution in [3.63, 3.8) is 0 Å². The summed E-state index contributed by atoms with van der Waals surface area (Å²) in [7, 11) is 0. The van der Waals surface area contributed by atoms with Gasteiger partial charge in [-0.3, -0.25) is 0 Å². The van der Waals surface area contributed by atoms with E-state index in [-0.39, 0.29) is 6.10 Å². The van der Waals surface area contributed by atoms with Crippen molar-refractivity contribution in [2.24, 2.45) is 5.41 Å². The van der Waals surface area contributed by atoms with Crippen LogP contribution in [-0.2, 0) is 4.74 Å². The van der Waals surface area contributed by atoms with Crippen LogP contribution >= 0.6 is 0 Å². The van der Waals surface area contributed by atoms with Crippen LogP contribution in [0.3, 0.4) is 0 Å². The number of aryl methyl sites for hydroxylation is 2. The zero-order chi connectivity index (χ0) is 14.0. The Bertz CT molecular complexity index is 433. The van der Waals surface area contributed by atoms with E-state index in [1.165, 1.54) is 16.7 Å². The number of rotatable bonds is 1. The summed E-state index contributed by atoms with van der Waals surface area (Å²) in [5.74, 6) is 0. The molecule has 0 saturated carbocycles. The predicted molar refractivity (Wildman–Crippen MR) is 80.5 cm³/mol. The minimum atomic E-state index is 0.187. The first kappa shape index (κ1) is 14.5. The highest BCUT2D eigenvalue weighted by Gasteiger charge is 2.28. The zero-order valence-electron chi connectivity index (χ0n) is 12.9. The SMILES string of the molecule is Cc1ccc(C2CNC(C(C)(C)C)CCO2)cc1C. The van der Waals surface area contributed by atoms with E-state index in [0.717, 1.165) is 19.6 Å². The highest BCUT2D eigenvalue weighted by Crippen LogP contribution is 2.27. The van der Waals surface area contributed by atoms with Gasteiger partial charge in [-0.05, 0) is 42.4 Å². The molecule has 0 radical (unpaired) electrons. The van der Waals surface area contributed by atoms with Crippen molar-refractivity contribution in [3.05, 3.63) is 34.9 Å². The molecule has 1 saturated heterocycles. The van der Waals surface area contributed by atoms with Gasteiger partial charge in [-0.2, -0.15) is 0 Å². The van der Waals surface area contributed by atoms with E-state index in [1.807, 2.05) is 0 Å². The molecule has 0 aliphatic carbocycles. The number of benzene rings is 1. The first-order valence-electron chi connectivity index (χ1n) is 7.30. The molecule has 0 bridgehead atoms. The lowest BCUT2D eigenvalue weighted by Crippen LogP contribution is -2.40. The topological polar surface area (TPSA) is 21.3 Å². The normalized spacial score (nSPS) is 25.1. The van der Waals surface area contributed by atoms with E-state index >= 15 is 0 Å². The second-order valence-electron chi connectivity index (χ2n) is 6.82. The lowest BCUT2D eigenvalue weighted by Gasteiger charge is -2.30. The molecule has 2 nitrogen and oxygen atoms in total. The van der Waals surface area contributed by atoms with E-state index in [0.29, 0.717) is 11.5 Å². The number of nitrogens with one attached hydrogen (secondary N) is 1. The Morgan fingerprint density at radius 1 is 1.16 bits per heavy atom. The highest BCUT2D eigenvalue weighted by atomic mass is 16.5. The molecule has 1 aromatic rings. The molecule has 1 aromatic carbocycles. The fourth-order valence-corrected chi connectivity index (χ4v) is 2.66. The lowest BCUT2D eigenvalue weighted by molar-refractivity contribution is 0.0653. The molecule has 1 heterocycles. The minimum Gasteiger partial charge on any atom is -0.372 e. The fourth-order valence-electron chi connectivity index (χ4n) is 2.66. The van der Waals surface area contributed by atoms with E-state index in [4.69, 9.17) is 4.74 Å². The average molecular weight is 261 g/mol. The van der Waals surface area contributed by atoms with Crippen molar-refractivity contribution < 1.29 is 4.74 Å². The summed E-state index contributed by atoms with van der Waals surface area (Å²) >= 11 is 0. The van der Waals surface area contributed by atoms with Crippen LogP contribution in [0, 0.1) is 19.3 Å². The molecule has 2 heteroatoms. The van der Waals surface area contributed by atoms with Crippen LogP contribution < -0.4 is 5.32 Å². The molecule has 1 aliphatic rings. The van der Waals surface area contributed by atoms with Gasteiger partial charge >= 0.3 is 0 Å². The van der Waals surface area contributed by atoms with Crippen LogP contribution in [0.4, 0.5) is 0 Å². The maximum atomic E-state index is 6.05. The molecule has 19 heavy (non-hydrogen) atoms. The van der Waals surface area contributed by atoms with Crippen molar-refractivity contribution in [2.75, 3.05) is 13.2 Å². The second-order valence-corrected chi connectivity index (χ2v) is 6.82. The maximum absolute atomic E-state index is 6.05. The van der Waals surface area contributed by atoms with E-state index in [2.05, 4.69) is 58.1 Å². The fraction of sp³-hybridized carbons (Fsp3) is 0.647. The van der Waals surface area contributed by atoms with Crippen molar-refractivity contribution >= 4 is 0 Å². The van der Waals surface area contributed by atoms with E-state index in [1.54, 1.807) is 0 Å². The van der Waals surface area contributed by atoms with Gasteiger partial charge in [0.1, 0.15) is 0 Å². The van der Waals surface area contributed by atoms with Crippen LogP contribution in [0.15, 0.2) is 18.2 Å². The van der Waals surface area contributed by atoms with Crippen LogP contribution in [0.2, 0.25) is 0 Å². The van der Waals surface area contributed by atoms with E-state index < -0.39 is 0 Å². The van der Waals surface area contributed by atoms with Crippen LogP contribution in [0.1, 0.15) is 50.0 Å². The van der Waals surface area contributed by atoms with Crippen molar-refractivity contribution in [2.45, 2.75) is 53.2 Å². The third-order valence-electron chi connectivity index (χ3n) is 4.22. The standard InChI is InChI=1S/C17H27NO/c1-12-6-7-14(10-13(12)2)15-11-18-16(8-9-19-15)17(3,4)5/h6-7,10,15-16,18H,8-9,11H2,1-5H3. The third kappa shape index (κ3) is 3.58. The number of hydrogen-bond donors (Lipinski definition) is 1. The molecule has 0 spiro atoms. The second kappa shape index (κ2) is 5.64. The number of ether oxygens (including phenoxy) is 1. The Balaban J connectivity index is 2.08. The summed E-state index contributed by atoms with van der Waals surface area (Å²) in [5, 5.41) is 3.68. The highest BCUT2D eigenvalue weighted by molar-refractivity contribution is 5.31. The Labute approximate surface area is 117 Å². The summed E-state index contributed by atoms with van der Waals surface area (Å²) < 4.78 is 6.05. The van der Waals surface area contributed by atoms with Crippen LogP contribution in [0.25, 0.3) is 0 Å². The first-order chi connectivity index (χ1) is 8.88. The van der Waals surface area contributed by atoms with Gasteiger partial charge in [-0.1, -0.05) is 39.0 Å². The molecule has 2 rings (SSSR count). The molecule has 2 atom stereocenters. The van der Waals surface area contributed by atoms with Crippen molar-refractivity contribution in [1.29, 1.82) is 0 Å². The van der Waals surface area contributed by atoms with Gasteiger partial charge in [0, 0.05) is 19.2 Å². The molecular weight excluding hydrogens is 234 g/mol. The van der Waals surface area contributed by atoms with Gasteiger partial charge in [-0.15, -0.1) is 0 Å². The lowest BCUT2D eigenvalue weighted by atomic mass is 9.85. The molecular formula is C17H27NO. The predicted octanol–water partition coefficient (Wildman–Crippen LogP) is 3.77. The van der Waals surface area contributed by atoms with Gasteiger partial charge in [0.2, 0.25) is 0 Å². The summed E-state index contributed by atoms with van der Waals surface area (Å²) in [6.45, 7) is 12.9. The molecule has 1 aliphatic heterocycles. The van der Waals surface area contributed by atoms with Crippen molar-refractivity contribution in [1.82, 2.24) is 5.32 Å². The Kier molecular flexibility index (Phi) is 4.32. The van der Waals surface area contributed by atoms with Crippen molar-refractivity contribution in [3.8, 4) is 0 Å². The average Bonchev–Trinajstić information content (AvgIpc) is 2.57. The Hall–Kier alpha value is -0.860. The maximum Gasteiger partial charge on any atom is 0.0949 e. The van der Waals surface area contributed by atoms with Gasteiger partial charge in [0.05, 0.1) is 6.10 Å². The number of hydrogen-bond acceptors (Lipinski definition) is 2. The Morgan fingerprint density at radius 3 is 2.53 bits per heavy atom. The minimum absolute atomic E-state index is 0.187. The summed E-state index contributed by atoms with van der Waals surface area (Å²) in [5.41, 5.74) is 4.28. The first-order valence-corrected chi connectivity index (χ1v) is 7.30. The quantitative estimate of drug-likeness (QED) is 0.831. The third-order valence-corrected chi connectivity index (χ3v) is 4.22. The molecule has 0 amide bonds. The molecule has 0 aromatic heterocycles. The monoisotopic (exact) mass is 261 g/mol. The molecule has 1 N–H and O–H groups in total. The van der Waals surface area contributed by atoms with Gasteiger partial charge in [0.15, 0.2) is 0 Å². The molecule has 2 unspecified atom stereocenters. The summed E-state index contributed by atoms with van der Waals surface area (Å²) in [4.78, 5) is 0. The van der Waals surface area contributed by atoms with Gasteiger partial charge in [0.25, 0.3) is 0 Å². The smallest absolute Gasteiger partial charge is 0.0949 e. The van der Waals surface area contributed by atoms with Gasteiger partial charge < -0.3 is 10.1 Å². The van der Waals surface area contributed by atoms with E-state index in [9.17, 15) is 0 Å².